The third kappa shape index (κ3) is 90.0. The maximum absolute atomic E-state index is 10.3. The van der Waals surface area contributed by atoms with E-state index in [2.05, 4.69) is 41.9 Å². The molecule has 0 aliphatic heterocycles. The molecule has 0 aliphatic rings. The lowest BCUT2D eigenvalue weighted by atomic mass is 10.2. The largest absolute Gasteiger partial charge is 0.370 e. The third-order valence-corrected chi connectivity index (χ3v) is 5.93. The number of guanidine groups is 1. The van der Waals surface area contributed by atoms with Crippen LogP contribution in [0.15, 0.2) is 4.99 Å². The average Bonchev–Trinajstić information content (AvgIpc) is 2.97. The highest BCUT2D eigenvalue weighted by molar-refractivity contribution is 5.75. The number of hydrogen-bond acceptors (Lipinski definition) is 9. The maximum atomic E-state index is 10.3. The smallest absolute Gasteiger partial charge is 0.217 e. The van der Waals surface area contributed by atoms with Crippen molar-refractivity contribution in [3.63, 3.8) is 0 Å². The quantitative estimate of drug-likeness (QED) is 0.0889. The van der Waals surface area contributed by atoms with E-state index in [1.54, 1.807) is 6.92 Å². The van der Waals surface area contributed by atoms with E-state index in [4.69, 9.17) is 33.9 Å². The predicted molar refractivity (Wildman–Crippen MR) is 195 cm³/mol. The molecule has 0 bridgehead atoms. The summed E-state index contributed by atoms with van der Waals surface area (Å²) in [6, 6.07) is 2.16. The molecular weight excluding hydrogens is 558 g/mol. The Labute approximate surface area is 273 Å². The highest BCUT2D eigenvalue weighted by Crippen LogP contribution is 1.92. The number of hydroxylamine groups is 1. The van der Waals surface area contributed by atoms with E-state index in [9.17, 15) is 9.59 Å². The molecule has 7 unspecified atom stereocenters. The molecule has 0 aromatic heterocycles. The Hall–Kier alpha value is -1.83. The molecule has 12 heteroatoms. The van der Waals surface area contributed by atoms with Gasteiger partial charge < -0.3 is 49.3 Å². The van der Waals surface area contributed by atoms with E-state index >= 15 is 0 Å². The van der Waals surface area contributed by atoms with Crippen LogP contribution in [0.25, 0.3) is 0 Å². The van der Waals surface area contributed by atoms with Gasteiger partial charge in [0.1, 0.15) is 5.78 Å². The van der Waals surface area contributed by atoms with Crippen LogP contribution in [0.1, 0.15) is 142 Å². The molecule has 0 aliphatic carbocycles. The summed E-state index contributed by atoms with van der Waals surface area (Å²) >= 11 is 0. The summed E-state index contributed by atoms with van der Waals surface area (Å²) in [6.45, 7) is 29.1. The normalized spacial score (nSPS) is 13.9. The summed E-state index contributed by atoms with van der Waals surface area (Å²) in [6.07, 6.45) is 5.92. The van der Waals surface area contributed by atoms with Crippen LogP contribution >= 0.6 is 0 Å². The fourth-order valence-corrected chi connectivity index (χ4v) is 1.09. The number of carbonyl (C=O) groups excluding carboxylic acids is 2. The minimum atomic E-state index is 0.0550. The molecule has 14 N–H and O–H groups in total. The number of carbonyl (C=O) groups is 2. The van der Waals surface area contributed by atoms with Gasteiger partial charge in [-0.3, -0.25) is 9.79 Å². The van der Waals surface area contributed by atoms with Crippen LogP contribution in [0.2, 0.25) is 0 Å². The van der Waals surface area contributed by atoms with Crippen LogP contribution in [-0.2, 0) is 9.59 Å². The van der Waals surface area contributed by atoms with Gasteiger partial charge in [-0.2, -0.15) is 0 Å². The number of hydrogen-bond donors (Lipinski definition) is 9. The summed E-state index contributed by atoms with van der Waals surface area (Å²) in [5.41, 5.74) is 28.2. The fraction of sp³-hybridized carbons (Fsp3) is 0.906. The molecule has 0 heterocycles. The Morgan fingerprint density at radius 1 is 0.682 bits per heavy atom. The van der Waals surface area contributed by atoms with E-state index < -0.39 is 0 Å². The molecule has 0 fully saturated rings. The highest BCUT2D eigenvalue weighted by atomic mass is 16.5. The first-order chi connectivity index (χ1) is 20.1. The van der Waals surface area contributed by atoms with Crippen molar-refractivity contribution in [1.82, 2.24) is 16.1 Å². The minimum Gasteiger partial charge on any atom is -0.370 e. The second-order valence-electron chi connectivity index (χ2n) is 11.0. The molecule has 0 saturated heterocycles. The second kappa shape index (κ2) is 45.6. The Bertz CT molecular complexity index is 563. The van der Waals surface area contributed by atoms with Gasteiger partial charge in [-0.15, -0.1) is 0 Å². The zero-order valence-corrected chi connectivity index (χ0v) is 31.9. The van der Waals surface area contributed by atoms with Gasteiger partial charge in [0.25, 0.3) is 0 Å². The maximum Gasteiger partial charge on any atom is 0.217 e. The number of nitrogens with one attached hydrogen (secondary N) is 3. The van der Waals surface area contributed by atoms with E-state index in [0.29, 0.717) is 24.5 Å². The van der Waals surface area contributed by atoms with E-state index in [1.807, 2.05) is 76.3 Å². The molecule has 0 aromatic rings. The van der Waals surface area contributed by atoms with Crippen molar-refractivity contribution in [2.24, 2.45) is 33.7 Å². The van der Waals surface area contributed by atoms with Crippen molar-refractivity contribution >= 4 is 17.6 Å². The molecule has 7 atom stereocenters. The zero-order chi connectivity index (χ0) is 36.8. The number of amides is 1. The van der Waals surface area contributed by atoms with Crippen LogP contribution in [0.4, 0.5) is 0 Å². The Morgan fingerprint density at radius 2 is 1.02 bits per heavy atom. The molecule has 0 aromatic carbocycles. The monoisotopic (exact) mass is 640 g/mol. The zero-order valence-electron chi connectivity index (χ0n) is 31.9. The average molecular weight is 640 g/mol. The standard InChI is InChI=1S/C6H13NO.C5H13N3.C5H13N.C4H12N2.C4H11NO.C4H11N.C4H8O/c1-4-5(2)7-6(3)8;1-3-4(2)8-5(6)7;1-4-5(2)6-3;1-3(5)4(2)6;1-3-4(2)5-6;2*1-3-4(2)5/h5H,4H2,1-3H3,(H,7,8);4H,3H2,1-2H3,(H4,6,7,8);5-6H,4H2,1-3H3;3-4H,5-6H2,1-2H3;4-6H,3H2,1-2H3;4H,3,5H2,1-2H3;3H2,1-2H3. The topological polar surface area (TPSA) is 233 Å². The lowest BCUT2D eigenvalue weighted by molar-refractivity contribution is -0.119. The van der Waals surface area contributed by atoms with Crippen molar-refractivity contribution in [3.05, 3.63) is 0 Å². The first-order valence-electron chi connectivity index (χ1n) is 16.3. The van der Waals surface area contributed by atoms with Crippen molar-refractivity contribution in [2.45, 2.75) is 185 Å². The number of Topliss-reactive ketones (excluding diaryl/α,β-unsaturated/α-hetero) is 1. The van der Waals surface area contributed by atoms with Crippen LogP contribution in [0.5, 0.6) is 0 Å². The molecule has 1 amide bonds. The van der Waals surface area contributed by atoms with Gasteiger partial charge in [-0.05, 0) is 94.5 Å². The molecule has 272 valence electrons. The number of nitrogens with zero attached hydrogens (tertiary/aromatic N) is 1. The number of aliphatic imine (C=N–C) groups is 1. The van der Waals surface area contributed by atoms with Crippen molar-refractivity contribution in [2.75, 3.05) is 7.05 Å². The summed E-state index contributed by atoms with van der Waals surface area (Å²) in [5, 5.41) is 14.0. The van der Waals surface area contributed by atoms with Gasteiger partial charge in [0.05, 0.1) is 6.04 Å². The van der Waals surface area contributed by atoms with E-state index in [0.717, 1.165) is 25.7 Å². The minimum absolute atomic E-state index is 0.0550. The van der Waals surface area contributed by atoms with Gasteiger partial charge in [0.2, 0.25) is 5.91 Å². The SMILES string of the molecule is CC(N)C(C)N.CCC(C)=O.CCC(C)N.CCC(C)N=C(N)N.CCC(C)NC.CCC(C)NC(C)=O.CCC(C)NO. The number of rotatable bonds is 11. The van der Waals surface area contributed by atoms with Gasteiger partial charge in [-0.25, -0.2) is 5.48 Å². The molecule has 44 heavy (non-hydrogen) atoms. The summed E-state index contributed by atoms with van der Waals surface area (Å²) < 4.78 is 0. The molecular formula is C32H81N9O3. The van der Waals surface area contributed by atoms with Gasteiger partial charge >= 0.3 is 0 Å². The molecule has 0 rings (SSSR count). The summed E-state index contributed by atoms with van der Waals surface area (Å²) in [5.74, 6) is 0.490. The predicted octanol–water partition coefficient (Wildman–Crippen LogP) is 4.16. The van der Waals surface area contributed by atoms with Crippen LogP contribution in [-0.4, -0.2) is 72.2 Å². The van der Waals surface area contributed by atoms with E-state index in [-0.39, 0.29) is 41.8 Å². The summed E-state index contributed by atoms with van der Waals surface area (Å²) in [4.78, 5) is 24.0. The Kier molecular flexibility index (Phi) is 59.9. The molecule has 0 radical (unpaired) electrons. The third-order valence-electron chi connectivity index (χ3n) is 5.93. The van der Waals surface area contributed by atoms with Crippen LogP contribution in [0.3, 0.4) is 0 Å². The number of nitrogens with two attached hydrogens (primary N) is 5. The Balaban J connectivity index is -0.0000000732. The lowest BCUT2D eigenvalue weighted by Gasteiger charge is -2.07. The molecule has 12 nitrogen and oxygen atoms in total. The van der Waals surface area contributed by atoms with Crippen molar-refractivity contribution < 1.29 is 14.8 Å². The number of ketones is 1. The van der Waals surface area contributed by atoms with Gasteiger partial charge in [0.15, 0.2) is 5.96 Å². The summed E-state index contributed by atoms with van der Waals surface area (Å²) in [7, 11) is 1.98. The van der Waals surface area contributed by atoms with Crippen molar-refractivity contribution in [3.8, 4) is 0 Å². The highest BCUT2D eigenvalue weighted by Gasteiger charge is 1.97. The first kappa shape index (κ1) is 57.8. The second-order valence-corrected chi connectivity index (χ2v) is 11.0. The lowest BCUT2D eigenvalue weighted by Crippen LogP contribution is -2.35. The van der Waals surface area contributed by atoms with Crippen LogP contribution < -0.4 is 44.8 Å². The molecule has 0 saturated carbocycles. The van der Waals surface area contributed by atoms with Crippen LogP contribution in [0, 0.1) is 0 Å². The first-order valence-corrected chi connectivity index (χ1v) is 16.3. The van der Waals surface area contributed by atoms with Gasteiger partial charge in [-0.1, -0.05) is 41.5 Å². The van der Waals surface area contributed by atoms with Gasteiger partial charge in [0, 0.05) is 49.6 Å². The van der Waals surface area contributed by atoms with E-state index in [1.165, 1.54) is 13.3 Å². The van der Waals surface area contributed by atoms with Crippen molar-refractivity contribution in [1.29, 1.82) is 0 Å². The fourth-order valence-electron chi connectivity index (χ4n) is 1.09. The molecule has 0 spiro atoms. The Morgan fingerprint density at radius 3 is 1.07 bits per heavy atom.